The molecule has 1 aliphatic heterocycles. The summed E-state index contributed by atoms with van der Waals surface area (Å²) in [5.74, 6) is 0.331. The van der Waals surface area contributed by atoms with Crippen molar-refractivity contribution in [2.75, 3.05) is 24.7 Å². The summed E-state index contributed by atoms with van der Waals surface area (Å²) in [5, 5.41) is 14.5. The predicted octanol–water partition coefficient (Wildman–Crippen LogP) is 6.76. The first-order valence-corrected chi connectivity index (χ1v) is 14.6. The number of carbonyl (C=O) groups excluding carboxylic acids is 2. The summed E-state index contributed by atoms with van der Waals surface area (Å²) in [6, 6.07) is 10.8. The molecule has 4 rings (SSSR count). The molecule has 0 saturated carbocycles. The van der Waals surface area contributed by atoms with Crippen LogP contribution >= 0.6 is 35.0 Å². The van der Waals surface area contributed by atoms with Crippen molar-refractivity contribution in [1.29, 1.82) is 0 Å². The van der Waals surface area contributed by atoms with Gasteiger partial charge in [0.15, 0.2) is 17.3 Å². The van der Waals surface area contributed by atoms with Crippen LogP contribution < -0.4 is 10.1 Å². The molecular formula is C29H31Cl2NO5S. The predicted molar refractivity (Wildman–Crippen MR) is 152 cm³/mol. The number of benzene rings is 2. The fourth-order valence-electron chi connectivity index (χ4n) is 5.05. The normalized spacial score (nSPS) is 19.2. The Labute approximate surface area is 237 Å². The van der Waals surface area contributed by atoms with Gasteiger partial charge in [-0.2, -0.15) is 11.8 Å². The van der Waals surface area contributed by atoms with E-state index in [0.717, 1.165) is 17.0 Å². The Morgan fingerprint density at radius 1 is 1.13 bits per heavy atom. The Morgan fingerprint density at radius 3 is 2.55 bits per heavy atom. The second-order valence-corrected chi connectivity index (χ2v) is 11.4. The number of carbonyl (C=O) groups is 2. The van der Waals surface area contributed by atoms with Gasteiger partial charge in [0.1, 0.15) is 6.61 Å². The quantitative estimate of drug-likeness (QED) is 0.252. The van der Waals surface area contributed by atoms with Gasteiger partial charge < -0.3 is 19.9 Å². The lowest BCUT2D eigenvalue weighted by Gasteiger charge is -2.37. The van der Waals surface area contributed by atoms with Crippen LogP contribution in [-0.4, -0.2) is 41.6 Å². The van der Waals surface area contributed by atoms with Crippen LogP contribution in [-0.2, 0) is 14.3 Å². The second kappa shape index (κ2) is 12.5. The number of halogens is 2. The third-order valence-corrected chi connectivity index (χ3v) is 8.14. The molecule has 0 spiro atoms. The van der Waals surface area contributed by atoms with Crippen molar-refractivity contribution in [1.82, 2.24) is 5.32 Å². The van der Waals surface area contributed by atoms with E-state index in [2.05, 4.69) is 5.32 Å². The van der Waals surface area contributed by atoms with Crippen LogP contribution in [0.25, 0.3) is 0 Å². The van der Waals surface area contributed by atoms with Crippen molar-refractivity contribution in [2.45, 2.75) is 45.4 Å². The fraction of sp³-hybridized carbons (Fsp3) is 0.379. The molecule has 0 amide bonds. The molecule has 2 aliphatic rings. The van der Waals surface area contributed by atoms with Crippen molar-refractivity contribution in [3.63, 3.8) is 0 Å². The number of allylic oxidation sites excluding steroid dienone is 3. The summed E-state index contributed by atoms with van der Waals surface area (Å²) in [5.41, 5.74) is 3.86. The summed E-state index contributed by atoms with van der Waals surface area (Å²) in [6.45, 7) is 6.24. The SMILES string of the molecule is CCOc1cc([C@@H]2C(C(=O)OCCSCC)=C(C)NC3=C2C(=O)C[C@@H](c2ccc(Cl)cc2)C3)cc(Cl)c1O. The smallest absolute Gasteiger partial charge is 0.336 e. The van der Waals surface area contributed by atoms with Gasteiger partial charge in [0.05, 0.1) is 17.2 Å². The lowest BCUT2D eigenvalue weighted by molar-refractivity contribution is -0.138. The van der Waals surface area contributed by atoms with Gasteiger partial charge in [0.2, 0.25) is 0 Å². The zero-order valence-electron chi connectivity index (χ0n) is 21.6. The third-order valence-electron chi connectivity index (χ3n) is 6.74. The Hall–Kier alpha value is -2.61. The number of ketones is 1. The number of esters is 1. The molecule has 2 N–H and O–H groups in total. The molecule has 2 atom stereocenters. The van der Waals surface area contributed by atoms with Crippen LogP contribution in [0.3, 0.4) is 0 Å². The molecule has 2 aromatic rings. The first kappa shape index (κ1) is 28.4. The topological polar surface area (TPSA) is 84.9 Å². The van der Waals surface area contributed by atoms with Crippen molar-refractivity contribution in [3.8, 4) is 11.5 Å². The van der Waals surface area contributed by atoms with Crippen molar-refractivity contribution in [2.24, 2.45) is 0 Å². The number of phenols is 1. The number of Topliss-reactive ketones (excluding diaryl/α,β-unsaturated/α-hetero) is 1. The van der Waals surface area contributed by atoms with Gasteiger partial charge in [-0.15, -0.1) is 0 Å². The molecule has 0 bridgehead atoms. The van der Waals surface area contributed by atoms with Gasteiger partial charge in [-0.25, -0.2) is 4.79 Å². The number of phenolic OH excluding ortho intramolecular Hbond substituents is 1. The molecule has 0 fully saturated rings. The van der Waals surface area contributed by atoms with Crippen LogP contribution in [0.4, 0.5) is 0 Å². The van der Waals surface area contributed by atoms with Crippen molar-refractivity contribution in [3.05, 3.63) is 80.1 Å². The summed E-state index contributed by atoms with van der Waals surface area (Å²) >= 11 is 14.1. The lowest BCUT2D eigenvalue weighted by Crippen LogP contribution is -2.36. The van der Waals surface area contributed by atoms with Gasteiger partial charge in [0, 0.05) is 40.1 Å². The van der Waals surface area contributed by atoms with Crippen LogP contribution in [0.1, 0.15) is 56.6 Å². The minimum Gasteiger partial charge on any atom is -0.503 e. The zero-order valence-corrected chi connectivity index (χ0v) is 23.9. The number of hydrogen-bond acceptors (Lipinski definition) is 7. The minimum absolute atomic E-state index is 0.0265. The number of dihydropyridines is 1. The van der Waals surface area contributed by atoms with Gasteiger partial charge in [-0.1, -0.05) is 42.3 Å². The van der Waals surface area contributed by atoms with Crippen LogP contribution in [0.5, 0.6) is 11.5 Å². The number of ether oxygens (including phenoxy) is 2. The van der Waals surface area contributed by atoms with Crippen molar-refractivity contribution >= 4 is 46.7 Å². The summed E-state index contributed by atoms with van der Waals surface area (Å²) in [6.07, 6.45) is 0.882. The first-order valence-electron chi connectivity index (χ1n) is 12.6. The Kier molecular flexibility index (Phi) is 9.34. The average Bonchev–Trinajstić information content (AvgIpc) is 2.88. The highest BCUT2D eigenvalue weighted by Gasteiger charge is 2.42. The first-order chi connectivity index (χ1) is 18.2. The van der Waals surface area contributed by atoms with Crippen LogP contribution in [0.15, 0.2) is 58.9 Å². The molecule has 1 heterocycles. The number of nitrogens with one attached hydrogen (secondary N) is 1. The highest BCUT2D eigenvalue weighted by Crippen LogP contribution is 2.48. The van der Waals surface area contributed by atoms with E-state index in [0.29, 0.717) is 46.2 Å². The van der Waals surface area contributed by atoms with E-state index in [1.807, 2.05) is 38.1 Å². The highest BCUT2D eigenvalue weighted by molar-refractivity contribution is 7.99. The summed E-state index contributed by atoms with van der Waals surface area (Å²) < 4.78 is 11.3. The van der Waals surface area contributed by atoms with E-state index in [1.54, 1.807) is 30.8 Å². The van der Waals surface area contributed by atoms with E-state index in [4.69, 9.17) is 32.7 Å². The lowest BCUT2D eigenvalue weighted by atomic mass is 9.71. The van der Waals surface area contributed by atoms with Gasteiger partial charge >= 0.3 is 5.97 Å². The van der Waals surface area contributed by atoms with Gasteiger partial charge in [-0.3, -0.25) is 4.79 Å². The minimum atomic E-state index is -0.714. The van der Waals surface area contributed by atoms with E-state index in [9.17, 15) is 14.7 Å². The largest absolute Gasteiger partial charge is 0.503 e. The van der Waals surface area contributed by atoms with Gasteiger partial charge in [0.25, 0.3) is 0 Å². The molecule has 9 heteroatoms. The zero-order chi connectivity index (χ0) is 27.4. The second-order valence-electron chi connectivity index (χ2n) is 9.18. The average molecular weight is 577 g/mol. The molecule has 6 nitrogen and oxygen atoms in total. The number of aromatic hydroxyl groups is 1. The van der Waals surface area contributed by atoms with E-state index < -0.39 is 11.9 Å². The maximum Gasteiger partial charge on any atom is 0.336 e. The maximum atomic E-state index is 13.8. The highest BCUT2D eigenvalue weighted by atomic mass is 35.5. The van der Waals surface area contributed by atoms with E-state index >= 15 is 0 Å². The molecular weight excluding hydrogens is 545 g/mol. The number of thioether (sulfide) groups is 1. The number of rotatable bonds is 9. The summed E-state index contributed by atoms with van der Waals surface area (Å²) in [7, 11) is 0. The Balaban J connectivity index is 1.78. The van der Waals surface area contributed by atoms with Gasteiger partial charge in [-0.05, 0) is 67.3 Å². The van der Waals surface area contributed by atoms with E-state index in [1.165, 1.54) is 0 Å². The third kappa shape index (κ3) is 6.00. The Morgan fingerprint density at radius 2 is 1.87 bits per heavy atom. The standard InChI is InChI=1S/C29H31Cl2NO5S/c1-4-36-24-15-19(12-21(31)28(24)34)26-25(29(35)37-10-11-38-5-2)16(3)32-22-13-18(14-23(33)27(22)26)17-6-8-20(30)9-7-17/h6-9,12,15,18,26,32,34H,4-5,10-11,13-14H2,1-3H3/t18-,26+/m0/s1. The van der Waals surface area contributed by atoms with Crippen LogP contribution in [0.2, 0.25) is 10.0 Å². The maximum absolute atomic E-state index is 13.8. The molecule has 38 heavy (non-hydrogen) atoms. The summed E-state index contributed by atoms with van der Waals surface area (Å²) in [4.78, 5) is 27.2. The number of hydrogen-bond donors (Lipinski definition) is 2. The fourth-order valence-corrected chi connectivity index (χ4v) is 5.89. The monoisotopic (exact) mass is 575 g/mol. The van der Waals surface area contributed by atoms with Crippen LogP contribution in [0, 0.1) is 0 Å². The molecule has 2 aromatic carbocycles. The molecule has 0 radical (unpaired) electrons. The Bertz CT molecular complexity index is 1290. The van der Waals surface area contributed by atoms with Crippen molar-refractivity contribution < 1.29 is 24.2 Å². The molecule has 1 aliphatic carbocycles. The molecule has 0 unspecified atom stereocenters. The molecule has 202 valence electrons. The molecule has 0 aromatic heterocycles. The molecule has 0 saturated heterocycles. The van der Waals surface area contributed by atoms with E-state index in [-0.39, 0.29) is 41.3 Å².